The molecule has 0 atom stereocenters. The zero-order chi connectivity index (χ0) is 25.7. The van der Waals surface area contributed by atoms with Gasteiger partial charge in [-0.2, -0.15) is 13.2 Å². The Kier molecular flexibility index (Phi) is 6.81. The molecule has 1 aliphatic heterocycles. The van der Waals surface area contributed by atoms with Gasteiger partial charge in [0, 0.05) is 48.2 Å². The minimum atomic E-state index is -4.46. The lowest BCUT2D eigenvalue weighted by molar-refractivity contribution is -0.143. The number of aryl methyl sites for hydroxylation is 2. The molecule has 4 rings (SSSR count). The number of carboxylic acid groups (broad SMARTS) is 1. The molecule has 0 aliphatic carbocycles. The van der Waals surface area contributed by atoms with Crippen LogP contribution in [0.2, 0.25) is 10.0 Å². The Hall–Kier alpha value is -2.71. The van der Waals surface area contributed by atoms with E-state index in [0.29, 0.717) is 53.1 Å². The fourth-order valence-corrected chi connectivity index (χ4v) is 5.22. The van der Waals surface area contributed by atoms with Crippen LogP contribution in [0.3, 0.4) is 0 Å². The summed E-state index contributed by atoms with van der Waals surface area (Å²) in [6.45, 7) is 2.05. The van der Waals surface area contributed by atoms with Crippen LogP contribution >= 0.6 is 23.2 Å². The highest BCUT2D eigenvalue weighted by atomic mass is 35.5. The highest BCUT2D eigenvalue weighted by Gasteiger charge is 2.33. The molecule has 5 nitrogen and oxygen atoms in total. The molecule has 1 saturated heterocycles. The number of rotatable bonds is 4. The molecule has 2 aromatic carbocycles. The number of halogens is 5. The smallest absolute Gasteiger partial charge is 0.416 e. The molecule has 10 heteroatoms. The van der Waals surface area contributed by atoms with Gasteiger partial charge in [-0.25, -0.2) is 0 Å². The third-order valence-electron chi connectivity index (χ3n) is 6.70. The molecule has 1 aliphatic rings. The van der Waals surface area contributed by atoms with Gasteiger partial charge in [0.05, 0.1) is 22.1 Å². The Bertz CT molecular complexity index is 1330. The fourth-order valence-electron chi connectivity index (χ4n) is 4.64. The Labute approximate surface area is 210 Å². The summed E-state index contributed by atoms with van der Waals surface area (Å²) < 4.78 is 41.8. The summed E-state index contributed by atoms with van der Waals surface area (Å²) in [4.78, 5) is 25.9. The van der Waals surface area contributed by atoms with Crippen molar-refractivity contribution in [2.24, 2.45) is 13.0 Å². The van der Waals surface area contributed by atoms with Gasteiger partial charge in [-0.15, -0.1) is 0 Å². The monoisotopic (exact) mass is 526 g/mol. The van der Waals surface area contributed by atoms with Crippen molar-refractivity contribution in [3.05, 3.63) is 68.3 Å². The van der Waals surface area contributed by atoms with Crippen LogP contribution in [0.1, 0.15) is 45.6 Å². The molecular weight excluding hydrogens is 504 g/mol. The molecule has 1 aromatic heterocycles. The van der Waals surface area contributed by atoms with Crippen LogP contribution in [0.5, 0.6) is 0 Å². The van der Waals surface area contributed by atoms with Crippen molar-refractivity contribution >= 4 is 46.0 Å². The van der Waals surface area contributed by atoms with Crippen LogP contribution in [0.15, 0.2) is 30.3 Å². The van der Waals surface area contributed by atoms with Gasteiger partial charge in [0.15, 0.2) is 0 Å². The molecule has 3 aromatic rings. The summed E-state index contributed by atoms with van der Waals surface area (Å²) in [5.41, 5.74) is 1.32. The summed E-state index contributed by atoms with van der Waals surface area (Å²) in [5, 5.41) is 10.4. The van der Waals surface area contributed by atoms with Crippen LogP contribution in [0, 0.1) is 12.8 Å². The Morgan fingerprint density at radius 3 is 2.37 bits per heavy atom. The molecule has 0 spiro atoms. The van der Waals surface area contributed by atoms with E-state index in [9.17, 15) is 27.9 Å². The Morgan fingerprint density at radius 1 is 1.11 bits per heavy atom. The van der Waals surface area contributed by atoms with Crippen molar-refractivity contribution in [1.29, 1.82) is 0 Å². The highest BCUT2D eigenvalue weighted by molar-refractivity contribution is 6.38. The molecule has 0 bridgehead atoms. The quantitative estimate of drug-likeness (QED) is 0.431. The van der Waals surface area contributed by atoms with Gasteiger partial charge in [0.1, 0.15) is 0 Å². The topological polar surface area (TPSA) is 62.5 Å². The van der Waals surface area contributed by atoms with Gasteiger partial charge in [0.2, 0.25) is 0 Å². The van der Waals surface area contributed by atoms with E-state index in [0.717, 1.165) is 6.07 Å². The summed E-state index contributed by atoms with van der Waals surface area (Å²) in [7, 11) is 1.68. The molecular formula is C25H23Cl2F3N2O3. The third-order valence-corrected chi connectivity index (χ3v) is 7.48. The predicted molar refractivity (Wildman–Crippen MR) is 128 cm³/mol. The first-order valence-electron chi connectivity index (χ1n) is 11.0. The van der Waals surface area contributed by atoms with E-state index in [1.54, 1.807) is 34.7 Å². The number of carbonyl (C=O) groups excluding carboxylic acids is 1. The van der Waals surface area contributed by atoms with Crippen LogP contribution in [-0.2, 0) is 24.4 Å². The SMILES string of the molecule is Cc1cc2cc(Cc3c(Cl)ccc(C(=O)N4CCC(C(=O)O)CC4)c3Cl)n(C)c2cc1C(F)(F)F. The number of hydrogen-bond acceptors (Lipinski definition) is 2. The number of amides is 1. The maximum atomic E-state index is 13.4. The van der Waals surface area contributed by atoms with E-state index in [4.69, 9.17) is 23.2 Å². The Morgan fingerprint density at radius 2 is 1.77 bits per heavy atom. The first-order chi connectivity index (χ1) is 16.4. The lowest BCUT2D eigenvalue weighted by Gasteiger charge is -2.30. The average Bonchev–Trinajstić information content (AvgIpc) is 3.09. The summed E-state index contributed by atoms with van der Waals surface area (Å²) >= 11 is 13.1. The maximum absolute atomic E-state index is 13.4. The van der Waals surface area contributed by atoms with Crippen molar-refractivity contribution < 1.29 is 27.9 Å². The molecule has 0 unspecified atom stereocenters. The van der Waals surface area contributed by atoms with Gasteiger partial charge in [-0.3, -0.25) is 9.59 Å². The molecule has 2 heterocycles. The number of fused-ring (bicyclic) bond motifs is 1. The second-order valence-corrected chi connectivity index (χ2v) is 9.67. The predicted octanol–water partition coefficient (Wildman–Crippen LogP) is 6.34. The van der Waals surface area contributed by atoms with Crippen molar-refractivity contribution in [2.45, 2.75) is 32.4 Å². The van der Waals surface area contributed by atoms with Crippen LogP contribution in [0.25, 0.3) is 10.9 Å². The lowest BCUT2D eigenvalue weighted by Crippen LogP contribution is -2.40. The minimum Gasteiger partial charge on any atom is -0.481 e. The fraction of sp³-hybridized carbons (Fsp3) is 0.360. The molecule has 1 fully saturated rings. The second kappa shape index (κ2) is 9.39. The van der Waals surface area contributed by atoms with Gasteiger partial charge in [-0.1, -0.05) is 23.2 Å². The van der Waals surface area contributed by atoms with Crippen LogP contribution < -0.4 is 0 Å². The number of carbonyl (C=O) groups is 2. The van der Waals surface area contributed by atoms with Gasteiger partial charge < -0.3 is 14.6 Å². The lowest BCUT2D eigenvalue weighted by atomic mass is 9.96. The molecule has 35 heavy (non-hydrogen) atoms. The standard InChI is InChI=1S/C25H23Cl2F3N2O3/c1-13-9-15-10-16(31(2)21(15)12-19(13)25(28,29)30)11-18-20(26)4-3-17(22(18)27)23(33)32-7-5-14(6-8-32)24(34)35/h3-4,9-10,12,14H,5-8,11H2,1-2H3,(H,34,35). The number of hydrogen-bond donors (Lipinski definition) is 1. The summed E-state index contributed by atoms with van der Waals surface area (Å²) in [6, 6.07) is 7.55. The number of alkyl halides is 3. The van der Waals surface area contributed by atoms with Crippen molar-refractivity contribution in [1.82, 2.24) is 9.47 Å². The van der Waals surface area contributed by atoms with Gasteiger partial charge in [-0.05, 0) is 61.2 Å². The van der Waals surface area contributed by atoms with Crippen molar-refractivity contribution in [3.63, 3.8) is 0 Å². The zero-order valence-electron chi connectivity index (χ0n) is 19.0. The normalized spacial score (nSPS) is 15.1. The third kappa shape index (κ3) is 4.86. The van der Waals surface area contributed by atoms with E-state index in [2.05, 4.69) is 0 Å². The van der Waals surface area contributed by atoms with E-state index in [1.807, 2.05) is 0 Å². The highest BCUT2D eigenvalue weighted by Crippen LogP contribution is 2.37. The van der Waals surface area contributed by atoms with E-state index < -0.39 is 23.6 Å². The second-order valence-electron chi connectivity index (χ2n) is 8.89. The van der Waals surface area contributed by atoms with E-state index in [-0.39, 0.29) is 28.5 Å². The molecule has 0 radical (unpaired) electrons. The summed E-state index contributed by atoms with van der Waals surface area (Å²) in [5.74, 6) is -1.64. The molecule has 186 valence electrons. The van der Waals surface area contributed by atoms with Crippen LogP contribution in [-0.4, -0.2) is 39.5 Å². The van der Waals surface area contributed by atoms with E-state index >= 15 is 0 Å². The van der Waals surface area contributed by atoms with E-state index in [1.165, 1.54) is 13.0 Å². The van der Waals surface area contributed by atoms with Gasteiger partial charge >= 0.3 is 12.1 Å². The average molecular weight is 527 g/mol. The van der Waals surface area contributed by atoms with Gasteiger partial charge in [0.25, 0.3) is 5.91 Å². The molecule has 1 N–H and O–H groups in total. The molecule has 1 amide bonds. The number of aromatic nitrogens is 1. The number of benzene rings is 2. The first kappa shape index (κ1) is 25.4. The number of carboxylic acids is 1. The van der Waals surface area contributed by atoms with Crippen molar-refractivity contribution in [2.75, 3.05) is 13.1 Å². The van der Waals surface area contributed by atoms with Crippen LogP contribution in [0.4, 0.5) is 13.2 Å². The zero-order valence-corrected chi connectivity index (χ0v) is 20.6. The summed E-state index contributed by atoms with van der Waals surface area (Å²) in [6.07, 6.45) is -3.50. The maximum Gasteiger partial charge on any atom is 0.416 e. The number of piperidine rings is 1. The molecule has 0 saturated carbocycles. The number of nitrogens with zero attached hydrogens (tertiary/aromatic N) is 2. The number of likely N-dealkylation sites (tertiary alicyclic amines) is 1. The minimum absolute atomic E-state index is 0.137. The Balaban J connectivity index is 1.65. The largest absolute Gasteiger partial charge is 0.481 e. The first-order valence-corrected chi connectivity index (χ1v) is 11.8. The van der Waals surface area contributed by atoms with Crippen molar-refractivity contribution in [3.8, 4) is 0 Å². The number of aliphatic carboxylic acids is 1.